The number of carbonyl (C=O) groups is 1. The molecule has 8 heteroatoms. The third-order valence-electron chi connectivity index (χ3n) is 5.09. The smallest absolute Gasteiger partial charge is 0.378 e. The lowest BCUT2D eigenvalue weighted by Gasteiger charge is -2.26. The molecule has 32 heavy (non-hydrogen) atoms. The Labute approximate surface area is 183 Å². The fourth-order valence-corrected chi connectivity index (χ4v) is 3.18. The zero-order valence-corrected chi connectivity index (χ0v) is 17.3. The van der Waals surface area contributed by atoms with Gasteiger partial charge in [0, 0.05) is 30.5 Å². The lowest BCUT2D eigenvalue weighted by atomic mass is 10.1. The Morgan fingerprint density at radius 1 is 1.03 bits per heavy atom. The maximum atomic E-state index is 13.2. The normalized spacial score (nSPS) is 12.4. The first-order chi connectivity index (χ1) is 15.2. The van der Waals surface area contributed by atoms with Gasteiger partial charge in [-0.05, 0) is 53.9 Å². The minimum absolute atomic E-state index is 0.0843. The molecule has 0 spiro atoms. The van der Waals surface area contributed by atoms with Gasteiger partial charge in [0.1, 0.15) is 5.82 Å². The van der Waals surface area contributed by atoms with Crippen LogP contribution in [0.1, 0.15) is 35.4 Å². The van der Waals surface area contributed by atoms with Gasteiger partial charge in [-0.3, -0.25) is 9.78 Å². The Bertz CT molecular complexity index is 1030. The number of hydrogen-bond donors (Lipinski definition) is 1. The number of halogens is 4. The van der Waals surface area contributed by atoms with Gasteiger partial charge in [0.2, 0.25) is 0 Å². The summed E-state index contributed by atoms with van der Waals surface area (Å²) in [6, 6.07) is 14.4. The van der Waals surface area contributed by atoms with E-state index in [0.29, 0.717) is 11.4 Å². The van der Waals surface area contributed by atoms with E-state index in [1.54, 1.807) is 12.1 Å². The van der Waals surface area contributed by atoms with Crippen molar-refractivity contribution < 1.29 is 27.5 Å². The summed E-state index contributed by atoms with van der Waals surface area (Å²) >= 11 is 0. The first-order valence-corrected chi connectivity index (χ1v) is 10.0. The molecule has 0 saturated heterocycles. The summed E-state index contributed by atoms with van der Waals surface area (Å²) in [6.07, 6.45) is -4.27. The summed E-state index contributed by atoms with van der Waals surface area (Å²) < 4.78 is 51.5. The monoisotopic (exact) mass is 446 g/mol. The Kier molecular flexibility index (Phi) is 7.25. The molecule has 1 N–H and O–H groups in total. The molecule has 0 radical (unpaired) electrons. The van der Waals surface area contributed by atoms with Crippen LogP contribution in [0.4, 0.5) is 23.2 Å². The Morgan fingerprint density at radius 3 is 2.22 bits per heavy atom. The van der Waals surface area contributed by atoms with E-state index in [0.717, 1.165) is 36.4 Å². The predicted molar refractivity (Wildman–Crippen MR) is 112 cm³/mol. The molecule has 1 heterocycles. The largest absolute Gasteiger partial charge is 0.417 e. The number of alkyl halides is 3. The van der Waals surface area contributed by atoms with Crippen LogP contribution in [0.2, 0.25) is 0 Å². The number of aryl methyl sites for hydroxylation is 1. The van der Waals surface area contributed by atoms with Crippen LogP contribution in [0.25, 0.3) is 0 Å². The first kappa shape index (κ1) is 23.4. The molecule has 0 saturated carbocycles. The summed E-state index contributed by atoms with van der Waals surface area (Å²) in [5, 5.41) is 10.6. The minimum Gasteiger partial charge on any atom is -0.378 e. The van der Waals surface area contributed by atoms with Crippen molar-refractivity contribution in [3.63, 3.8) is 0 Å². The average molecular weight is 446 g/mol. The van der Waals surface area contributed by atoms with Crippen LogP contribution >= 0.6 is 0 Å². The number of aliphatic hydroxyl groups excluding tert-OH is 1. The number of carbonyl (C=O) groups excluding carboxylic acids is 1. The molecule has 1 amide bonds. The highest BCUT2D eigenvalue weighted by Crippen LogP contribution is 2.28. The average Bonchev–Trinajstić information content (AvgIpc) is 2.79. The van der Waals surface area contributed by atoms with Crippen molar-refractivity contribution >= 4 is 11.6 Å². The number of nitrogens with zero attached hydrogens (tertiary/aromatic N) is 2. The van der Waals surface area contributed by atoms with E-state index >= 15 is 0 Å². The molecule has 4 nitrogen and oxygen atoms in total. The molecule has 1 atom stereocenters. The first-order valence-electron chi connectivity index (χ1n) is 10.0. The van der Waals surface area contributed by atoms with Gasteiger partial charge in [-0.25, -0.2) is 4.39 Å². The van der Waals surface area contributed by atoms with Crippen molar-refractivity contribution in [3.05, 3.63) is 95.1 Å². The van der Waals surface area contributed by atoms with Crippen LogP contribution in [0.5, 0.6) is 0 Å². The Balaban J connectivity index is 1.83. The number of pyridine rings is 1. The zero-order chi connectivity index (χ0) is 23.3. The Hall–Kier alpha value is -3.26. The van der Waals surface area contributed by atoms with Crippen LogP contribution in [-0.4, -0.2) is 22.5 Å². The summed E-state index contributed by atoms with van der Waals surface area (Å²) in [5.41, 5.74) is 1.34. The molecule has 3 rings (SSSR count). The number of amides is 1. The highest BCUT2D eigenvalue weighted by atomic mass is 19.4. The van der Waals surface area contributed by atoms with E-state index in [-0.39, 0.29) is 18.5 Å². The van der Waals surface area contributed by atoms with Gasteiger partial charge >= 0.3 is 6.18 Å². The van der Waals surface area contributed by atoms with Gasteiger partial charge in [-0.1, -0.05) is 31.2 Å². The molecule has 1 aromatic heterocycles. The van der Waals surface area contributed by atoms with Crippen LogP contribution in [-0.2, 0) is 23.8 Å². The lowest BCUT2D eigenvalue weighted by molar-refractivity contribution is -0.137. The van der Waals surface area contributed by atoms with Crippen LogP contribution in [0.3, 0.4) is 0 Å². The SMILES string of the molecule is CCc1ccc(N(CCc2ccc(C(F)(F)F)cn2)C(=O)C(O)c2ccc(F)cc2)cc1. The molecule has 0 bridgehead atoms. The molecule has 3 aromatic rings. The van der Waals surface area contributed by atoms with Crippen molar-refractivity contribution in [1.82, 2.24) is 4.98 Å². The number of rotatable bonds is 7. The number of hydrogen-bond acceptors (Lipinski definition) is 3. The summed E-state index contributed by atoms with van der Waals surface area (Å²) in [7, 11) is 0. The van der Waals surface area contributed by atoms with Crippen LogP contribution in [0.15, 0.2) is 66.9 Å². The van der Waals surface area contributed by atoms with Gasteiger partial charge in [0.25, 0.3) is 5.91 Å². The third kappa shape index (κ3) is 5.70. The number of aliphatic hydroxyl groups is 1. The zero-order valence-electron chi connectivity index (χ0n) is 17.3. The van der Waals surface area contributed by atoms with Gasteiger partial charge in [-0.15, -0.1) is 0 Å². The predicted octanol–water partition coefficient (Wildman–Crippen LogP) is 5.11. The summed E-state index contributed by atoms with van der Waals surface area (Å²) in [6.45, 7) is 2.08. The fourth-order valence-electron chi connectivity index (χ4n) is 3.18. The maximum absolute atomic E-state index is 13.2. The van der Waals surface area contributed by atoms with Gasteiger partial charge in [-0.2, -0.15) is 13.2 Å². The molecule has 168 valence electrons. The second-order valence-electron chi connectivity index (χ2n) is 7.25. The fraction of sp³-hybridized carbons (Fsp3) is 0.250. The third-order valence-corrected chi connectivity index (χ3v) is 5.09. The number of anilines is 1. The standard InChI is InChI=1S/C24H22F4N2O2/c1-2-16-3-11-21(12-4-16)30(23(32)22(31)17-5-8-19(25)9-6-17)14-13-20-10-7-18(15-29-20)24(26,27)28/h3-12,15,22,31H,2,13-14H2,1H3. The van der Waals surface area contributed by atoms with Crippen LogP contribution in [0, 0.1) is 5.82 Å². The van der Waals surface area contributed by atoms with Gasteiger partial charge in [0.15, 0.2) is 6.10 Å². The van der Waals surface area contributed by atoms with Crippen molar-refractivity contribution in [3.8, 4) is 0 Å². The van der Waals surface area contributed by atoms with Crippen molar-refractivity contribution in [2.45, 2.75) is 32.0 Å². The maximum Gasteiger partial charge on any atom is 0.417 e. The van der Waals surface area contributed by atoms with Gasteiger partial charge < -0.3 is 10.0 Å². The molecule has 0 aliphatic rings. The van der Waals surface area contributed by atoms with Crippen molar-refractivity contribution in [2.75, 3.05) is 11.4 Å². The molecule has 1 unspecified atom stereocenters. The Morgan fingerprint density at radius 2 is 1.69 bits per heavy atom. The molecule has 0 aliphatic heterocycles. The topological polar surface area (TPSA) is 53.4 Å². The molecular formula is C24H22F4N2O2. The highest BCUT2D eigenvalue weighted by molar-refractivity contribution is 5.97. The summed E-state index contributed by atoms with van der Waals surface area (Å²) in [5.74, 6) is -1.12. The molecule has 0 fully saturated rings. The minimum atomic E-state index is -4.48. The molecule has 2 aromatic carbocycles. The van der Waals surface area contributed by atoms with E-state index in [1.807, 2.05) is 19.1 Å². The molecule has 0 aliphatic carbocycles. The lowest BCUT2D eigenvalue weighted by Crippen LogP contribution is -2.37. The molecular weight excluding hydrogens is 424 g/mol. The van der Waals surface area contributed by atoms with Crippen molar-refractivity contribution in [1.29, 1.82) is 0 Å². The van der Waals surface area contributed by atoms with Crippen LogP contribution < -0.4 is 4.90 Å². The van der Waals surface area contributed by atoms with E-state index < -0.39 is 29.6 Å². The number of aromatic nitrogens is 1. The number of benzene rings is 2. The van der Waals surface area contributed by atoms with E-state index in [4.69, 9.17) is 0 Å². The van der Waals surface area contributed by atoms with E-state index in [1.165, 1.54) is 23.1 Å². The van der Waals surface area contributed by atoms with E-state index in [2.05, 4.69) is 4.98 Å². The summed E-state index contributed by atoms with van der Waals surface area (Å²) in [4.78, 5) is 18.3. The second-order valence-corrected chi connectivity index (χ2v) is 7.25. The highest BCUT2D eigenvalue weighted by Gasteiger charge is 2.31. The van der Waals surface area contributed by atoms with E-state index in [9.17, 15) is 27.5 Å². The van der Waals surface area contributed by atoms with Crippen molar-refractivity contribution in [2.24, 2.45) is 0 Å². The second kappa shape index (κ2) is 9.91. The quantitative estimate of drug-likeness (QED) is 0.513. The van der Waals surface area contributed by atoms with Gasteiger partial charge in [0.05, 0.1) is 5.56 Å².